The number of halogens is 2. The van der Waals surface area contributed by atoms with E-state index in [2.05, 4.69) is 12.2 Å². The Morgan fingerprint density at radius 3 is 2.52 bits per heavy atom. The minimum atomic E-state index is -0.225. The number of nitrogens with one attached hydrogen (secondary N) is 1. The van der Waals surface area contributed by atoms with E-state index in [0.717, 1.165) is 34.9 Å². The average Bonchev–Trinajstić information content (AvgIpc) is 3.08. The first-order chi connectivity index (χ1) is 14.8. The summed E-state index contributed by atoms with van der Waals surface area (Å²) in [5, 5.41) is 4.64. The molecule has 3 aromatic rings. The fourth-order valence-corrected chi connectivity index (χ4v) is 3.77. The molecule has 0 radical (unpaired) electrons. The predicted molar refractivity (Wildman–Crippen MR) is 125 cm³/mol. The Morgan fingerprint density at radius 2 is 1.84 bits per heavy atom. The van der Waals surface area contributed by atoms with Gasteiger partial charge in [-0.25, -0.2) is 0 Å². The van der Waals surface area contributed by atoms with E-state index >= 15 is 0 Å². The number of carbonyl (C=O) groups excluding carboxylic acids is 2. The molecule has 0 spiro atoms. The molecule has 0 saturated carbocycles. The van der Waals surface area contributed by atoms with Crippen molar-refractivity contribution in [2.24, 2.45) is 7.05 Å². The van der Waals surface area contributed by atoms with E-state index in [4.69, 9.17) is 27.9 Å². The van der Waals surface area contributed by atoms with Crippen molar-refractivity contribution in [3.63, 3.8) is 0 Å². The van der Waals surface area contributed by atoms with Gasteiger partial charge < -0.3 is 14.6 Å². The van der Waals surface area contributed by atoms with Crippen LogP contribution >= 0.6 is 23.2 Å². The van der Waals surface area contributed by atoms with Crippen LogP contribution in [-0.2, 0) is 23.0 Å². The highest BCUT2D eigenvalue weighted by Gasteiger charge is 2.18. The van der Waals surface area contributed by atoms with Gasteiger partial charge in [0.2, 0.25) is 0 Å². The molecule has 1 atom stereocenters. The number of nitrogens with zero attached hydrogens (tertiary/aromatic N) is 1. The third-order valence-corrected chi connectivity index (χ3v) is 6.10. The summed E-state index contributed by atoms with van der Waals surface area (Å²) in [6.45, 7) is 4.43. The fraction of sp³-hybridized carbons (Fsp3) is 0.333. The van der Waals surface area contributed by atoms with Crippen molar-refractivity contribution >= 4 is 46.0 Å². The number of ether oxygens (including phenoxy) is 1. The Bertz CT molecular complexity index is 1090. The first kappa shape index (κ1) is 23.2. The Balaban J connectivity index is 1.66. The molecule has 1 aromatic heterocycles. The summed E-state index contributed by atoms with van der Waals surface area (Å²) in [6.07, 6.45) is 2.10. The quantitative estimate of drug-likeness (QED) is 0.338. The Hall–Kier alpha value is -2.50. The summed E-state index contributed by atoms with van der Waals surface area (Å²) in [4.78, 5) is 24.7. The second kappa shape index (κ2) is 10.2. The summed E-state index contributed by atoms with van der Waals surface area (Å²) in [7, 11) is 1.82. The molecule has 1 heterocycles. The van der Waals surface area contributed by atoms with Crippen LogP contribution in [0.25, 0.3) is 10.9 Å². The number of aromatic nitrogens is 1. The Labute approximate surface area is 192 Å². The number of aryl methyl sites for hydroxylation is 1. The normalized spacial score (nSPS) is 12.0. The number of esters is 1. The van der Waals surface area contributed by atoms with Crippen molar-refractivity contribution in [2.45, 2.75) is 39.2 Å². The molecular weight excluding hydrogens is 435 g/mol. The second-order valence-corrected chi connectivity index (χ2v) is 8.36. The molecule has 1 unspecified atom stereocenters. The van der Waals surface area contributed by atoms with Gasteiger partial charge in [-0.15, -0.1) is 0 Å². The molecule has 0 aliphatic rings. The molecule has 5 nitrogen and oxygen atoms in total. The van der Waals surface area contributed by atoms with E-state index in [1.807, 2.05) is 44.3 Å². The maximum atomic E-state index is 12.9. The molecule has 31 heavy (non-hydrogen) atoms. The van der Waals surface area contributed by atoms with Crippen molar-refractivity contribution in [1.82, 2.24) is 9.88 Å². The third-order valence-electron chi connectivity index (χ3n) is 5.28. The lowest BCUT2D eigenvalue weighted by molar-refractivity contribution is -0.142. The van der Waals surface area contributed by atoms with Crippen LogP contribution in [-0.4, -0.2) is 23.1 Å². The minimum absolute atomic E-state index is 0.207. The molecule has 2 aromatic carbocycles. The maximum absolute atomic E-state index is 12.9. The summed E-state index contributed by atoms with van der Waals surface area (Å²) in [6, 6.07) is 12.7. The van der Waals surface area contributed by atoms with Gasteiger partial charge in [0.1, 0.15) is 5.69 Å². The lowest BCUT2D eigenvalue weighted by atomic mass is 10.0. The van der Waals surface area contributed by atoms with Gasteiger partial charge in [-0.2, -0.15) is 0 Å². The number of amides is 1. The number of rotatable bonds is 8. The van der Waals surface area contributed by atoms with Gasteiger partial charge in [0.15, 0.2) is 0 Å². The van der Waals surface area contributed by atoms with Crippen LogP contribution < -0.4 is 5.32 Å². The van der Waals surface area contributed by atoms with Crippen LogP contribution in [0.5, 0.6) is 0 Å². The SMILES string of the molecule is CCCCOC(=O)Cc1ccc(C(C)NC(=O)c2cc3c(Cl)c(Cl)ccc3n2C)cc1. The van der Waals surface area contributed by atoms with Crippen molar-refractivity contribution in [3.8, 4) is 0 Å². The van der Waals surface area contributed by atoms with Gasteiger partial charge in [0, 0.05) is 18.0 Å². The number of carbonyl (C=O) groups is 2. The van der Waals surface area contributed by atoms with Crippen molar-refractivity contribution in [2.75, 3.05) is 6.61 Å². The zero-order chi connectivity index (χ0) is 22.5. The second-order valence-electron chi connectivity index (χ2n) is 7.57. The highest BCUT2D eigenvalue weighted by Crippen LogP contribution is 2.32. The molecule has 3 rings (SSSR count). The summed E-state index contributed by atoms with van der Waals surface area (Å²) in [5.74, 6) is -0.431. The van der Waals surface area contributed by atoms with Crippen LogP contribution in [0.1, 0.15) is 54.3 Å². The monoisotopic (exact) mass is 460 g/mol. The fourth-order valence-electron chi connectivity index (χ4n) is 3.39. The van der Waals surface area contributed by atoms with E-state index in [0.29, 0.717) is 22.3 Å². The first-order valence-electron chi connectivity index (χ1n) is 10.3. The van der Waals surface area contributed by atoms with Crippen LogP contribution in [0.15, 0.2) is 42.5 Å². The van der Waals surface area contributed by atoms with E-state index in [1.165, 1.54) is 0 Å². The molecular formula is C24H26Cl2N2O3. The molecule has 0 saturated heterocycles. The number of hydrogen-bond acceptors (Lipinski definition) is 3. The molecule has 7 heteroatoms. The van der Waals surface area contributed by atoms with E-state index < -0.39 is 0 Å². The van der Waals surface area contributed by atoms with Crippen LogP contribution in [0.3, 0.4) is 0 Å². The lowest BCUT2D eigenvalue weighted by Gasteiger charge is -2.15. The minimum Gasteiger partial charge on any atom is -0.465 e. The zero-order valence-electron chi connectivity index (χ0n) is 17.9. The molecule has 164 valence electrons. The van der Waals surface area contributed by atoms with Gasteiger partial charge in [-0.05, 0) is 42.7 Å². The summed E-state index contributed by atoms with van der Waals surface area (Å²) < 4.78 is 7.00. The molecule has 1 amide bonds. The largest absolute Gasteiger partial charge is 0.465 e. The zero-order valence-corrected chi connectivity index (χ0v) is 19.4. The van der Waals surface area contributed by atoms with E-state index in [-0.39, 0.29) is 24.3 Å². The topological polar surface area (TPSA) is 60.3 Å². The standard InChI is InChI=1S/C24H26Cl2N2O3/c1-4-5-12-31-22(29)13-16-6-8-17(9-7-16)15(2)27-24(30)21-14-18-20(28(21)3)11-10-19(25)23(18)26/h6-11,14-15H,4-5,12-13H2,1-3H3,(H,27,30). The number of fused-ring (bicyclic) bond motifs is 1. The van der Waals surface area contributed by atoms with Crippen LogP contribution in [0, 0.1) is 0 Å². The first-order valence-corrected chi connectivity index (χ1v) is 11.1. The molecule has 1 N–H and O–H groups in total. The smallest absolute Gasteiger partial charge is 0.310 e. The van der Waals surface area contributed by atoms with Gasteiger partial charge in [0.05, 0.1) is 29.1 Å². The molecule has 0 aliphatic carbocycles. The highest BCUT2D eigenvalue weighted by atomic mass is 35.5. The molecule has 0 bridgehead atoms. The summed E-state index contributed by atoms with van der Waals surface area (Å²) >= 11 is 12.4. The van der Waals surface area contributed by atoms with Crippen LogP contribution in [0.4, 0.5) is 0 Å². The molecule has 0 fully saturated rings. The average molecular weight is 461 g/mol. The number of benzene rings is 2. The summed E-state index contributed by atoms with van der Waals surface area (Å²) in [5.41, 5.74) is 3.15. The number of hydrogen-bond donors (Lipinski definition) is 1. The highest BCUT2D eigenvalue weighted by molar-refractivity contribution is 6.45. The van der Waals surface area contributed by atoms with Gasteiger partial charge in [-0.1, -0.05) is 60.8 Å². The van der Waals surface area contributed by atoms with Crippen LogP contribution in [0.2, 0.25) is 10.0 Å². The van der Waals surface area contributed by atoms with E-state index in [9.17, 15) is 9.59 Å². The van der Waals surface area contributed by atoms with Crippen molar-refractivity contribution < 1.29 is 14.3 Å². The lowest BCUT2D eigenvalue weighted by Crippen LogP contribution is -2.28. The Kier molecular flexibility index (Phi) is 7.63. The maximum Gasteiger partial charge on any atom is 0.310 e. The van der Waals surface area contributed by atoms with E-state index in [1.54, 1.807) is 16.7 Å². The Morgan fingerprint density at radius 1 is 1.13 bits per heavy atom. The van der Waals surface area contributed by atoms with Crippen molar-refractivity contribution in [3.05, 3.63) is 69.3 Å². The van der Waals surface area contributed by atoms with Crippen molar-refractivity contribution in [1.29, 1.82) is 0 Å². The number of unbranched alkanes of at least 4 members (excludes halogenated alkanes) is 1. The van der Waals surface area contributed by atoms with Gasteiger partial charge >= 0.3 is 5.97 Å². The third kappa shape index (κ3) is 5.41. The van der Waals surface area contributed by atoms with Gasteiger partial charge in [-0.3, -0.25) is 9.59 Å². The molecule has 0 aliphatic heterocycles. The van der Waals surface area contributed by atoms with Gasteiger partial charge in [0.25, 0.3) is 5.91 Å². The predicted octanol–water partition coefficient (Wildman–Crippen LogP) is 5.86.